The zero-order valence-corrected chi connectivity index (χ0v) is 16.7. The van der Waals surface area contributed by atoms with Crippen LogP contribution < -0.4 is 16.6 Å². The number of rotatable bonds is 5. The summed E-state index contributed by atoms with van der Waals surface area (Å²) >= 11 is 0. The van der Waals surface area contributed by atoms with Gasteiger partial charge in [-0.2, -0.15) is 0 Å². The molecule has 0 saturated heterocycles. The Morgan fingerprint density at radius 3 is 2.83 bits per heavy atom. The molecule has 8 nitrogen and oxygen atoms in total. The van der Waals surface area contributed by atoms with E-state index in [0.29, 0.717) is 30.6 Å². The highest BCUT2D eigenvalue weighted by Gasteiger charge is 2.21. The monoisotopic (exact) mass is 395 g/mol. The Balaban J connectivity index is 1.42. The zero-order valence-electron chi connectivity index (χ0n) is 16.7. The van der Waals surface area contributed by atoms with Crippen LogP contribution in [0.1, 0.15) is 42.9 Å². The maximum absolute atomic E-state index is 12.5. The number of nitrogens with zero attached hydrogens (tertiary/aromatic N) is 4. The van der Waals surface area contributed by atoms with Crippen molar-refractivity contribution in [1.29, 1.82) is 0 Å². The molecule has 0 aliphatic heterocycles. The molecule has 4 rings (SSSR count). The van der Waals surface area contributed by atoms with Gasteiger partial charge in [0.15, 0.2) is 11.2 Å². The standard InChI is InChI=1S/C21H25N5O3/c1-24-19-18(20(28)25(2)21(24)29)26(13-22-19)12-6-11-17(27)23-16-10-5-8-14-7-3-4-9-15(14)16/h3-4,7,9,13,16H,5-6,8,10-12H2,1-2H3,(H,23,27). The number of aryl methyl sites for hydroxylation is 3. The molecule has 0 spiro atoms. The zero-order chi connectivity index (χ0) is 20.5. The molecular weight excluding hydrogens is 370 g/mol. The predicted octanol–water partition coefficient (Wildman–Crippen LogP) is 1.41. The van der Waals surface area contributed by atoms with Crippen LogP contribution >= 0.6 is 0 Å². The first-order chi connectivity index (χ1) is 14.0. The van der Waals surface area contributed by atoms with E-state index in [-0.39, 0.29) is 17.5 Å². The van der Waals surface area contributed by atoms with Crippen LogP contribution in [0, 0.1) is 0 Å². The van der Waals surface area contributed by atoms with E-state index in [1.807, 2.05) is 12.1 Å². The summed E-state index contributed by atoms with van der Waals surface area (Å²) in [6.07, 6.45) is 5.60. The van der Waals surface area contributed by atoms with Gasteiger partial charge in [-0.05, 0) is 36.8 Å². The number of carbonyl (C=O) groups excluding carboxylic acids is 1. The topological polar surface area (TPSA) is 90.9 Å². The average molecular weight is 395 g/mol. The van der Waals surface area contributed by atoms with Gasteiger partial charge in [-0.3, -0.25) is 18.7 Å². The third-order valence-electron chi connectivity index (χ3n) is 5.72. The van der Waals surface area contributed by atoms with Crippen LogP contribution in [0.3, 0.4) is 0 Å². The van der Waals surface area contributed by atoms with Gasteiger partial charge in [-0.25, -0.2) is 9.78 Å². The fourth-order valence-corrected chi connectivity index (χ4v) is 4.15. The molecule has 152 valence electrons. The van der Waals surface area contributed by atoms with Gasteiger partial charge in [0, 0.05) is 27.1 Å². The Kier molecular flexibility index (Phi) is 5.08. The Bertz CT molecular complexity index is 1190. The number of benzene rings is 1. The minimum Gasteiger partial charge on any atom is -0.349 e. The second-order valence-corrected chi connectivity index (χ2v) is 7.63. The minimum atomic E-state index is -0.403. The average Bonchev–Trinajstić information content (AvgIpc) is 3.15. The number of fused-ring (bicyclic) bond motifs is 2. The summed E-state index contributed by atoms with van der Waals surface area (Å²) in [4.78, 5) is 41.2. The van der Waals surface area contributed by atoms with Crippen molar-refractivity contribution in [2.75, 3.05) is 0 Å². The normalized spacial score (nSPS) is 16.0. The van der Waals surface area contributed by atoms with E-state index in [9.17, 15) is 14.4 Å². The molecule has 1 aromatic carbocycles. The summed E-state index contributed by atoms with van der Waals surface area (Å²) in [7, 11) is 3.05. The van der Waals surface area contributed by atoms with Crippen molar-refractivity contribution in [3.8, 4) is 0 Å². The van der Waals surface area contributed by atoms with Gasteiger partial charge in [-0.1, -0.05) is 24.3 Å². The molecule has 1 atom stereocenters. The second-order valence-electron chi connectivity index (χ2n) is 7.63. The number of imidazole rings is 1. The number of nitrogens with one attached hydrogen (secondary N) is 1. The predicted molar refractivity (Wildman–Crippen MR) is 110 cm³/mol. The molecule has 1 unspecified atom stereocenters. The fourth-order valence-electron chi connectivity index (χ4n) is 4.15. The molecule has 2 aromatic heterocycles. The Morgan fingerprint density at radius 1 is 1.21 bits per heavy atom. The molecule has 1 amide bonds. The molecule has 8 heteroatoms. The number of hydrogen-bond donors (Lipinski definition) is 1. The lowest BCUT2D eigenvalue weighted by atomic mass is 9.87. The summed E-state index contributed by atoms with van der Waals surface area (Å²) in [5.74, 6) is 0.0106. The number of amides is 1. The number of carbonyl (C=O) groups is 1. The van der Waals surface area contributed by atoms with Crippen LogP contribution in [-0.4, -0.2) is 24.6 Å². The van der Waals surface area contributed by atoms with Gasteiger partial charge in [0.1, 0.15) is 0 Å². The molecule has 1 aliphatic rings. The third-order valence-corrected chi connectivity index (χ3v) is 5.72. The minimum absolute atomic E-state index is 0.0106. The molecule has 1 N–H and O–H groups in total. The van der Waals surface area contributed by atoms with Crippen molar-refractivity contribution >= 4 is 17.1 Å². The quantitative estimate of drug-likeness (QED) is 0.707. The molecule has 0 fully saturated rings. The van der Waals surface area contributed by atoms with Crippen LogP contribution in [0.4, 0.5) is 0 Å². The van der Waals surface area contributed by atoms with Crippen LogP contribution in [0.2, 0.25) is 0 Å². The molecule has 2 heterocycles. The molecule has 0 radical (unpaired) electrons. The summed E-state index contributed by atoms with van der Waals surface area (Å²) < 4.78 is 4.16. The lowest BCUT2D eigenvalue weighted by Crippen LogP contribution is -2.37. The Hall–Kier alpha value is -3.16. The van der Waals surface area contributed by atoms with Gasteiger partial charge in [-0.15, -0.1) is 0 Å². The van der Waals surface area contributed by atoms with Crippen LogP contribution in [0.5, 0.6) is 0 Å². The first kappa shape index (κ1) is 19.2. The first-order valence-corrected chi connectivity index (χ1v) is 9.95. The highest BCUT2D eigenvalue weighted by Crippen LogP contribution is 2.29. The van der Waals surface area contributed by atoms with Crippen LogP contribution in [0.15, 0.2) is 40.2 Å². The van der Waals surface area contributed by atoms with Gasteiger partial charge < -0.3 is 9.88 Å². The summed E-state index contributed by atoms with van der Waals surface area (Å²) in [6, 6.07) is 8.35. The van der Waals surface area contributed by atoms with Crippen molar-refractivity contribution in [1.82, 2.24) is 24.0 Å². The van der Waals surface area contributed by atoms with Crippen LogP contribution in [-0.2, 0) is 31.9 Å². The van der Waals surface area contributed by atoms with E-state index in [0.717, 1.165) is 23.8 Å². The van der Waals surface area contributed by atoms with E-state index in [1.54, 1.807) is 17.9 Å². The molecular formula is C21H25N5O3. The lowest BCUT2D eigenvalue weighted by Gasteiger charge is -2.26. The van der Waals surface area contributed by atoms with Crippen LogP contribution in [0.25, 0.3) is 11.2 Å². The van der Waals surface area contributed by atoms with E-state index in [4.69, 9.17) is 0 Å². The highest BCUT2D eigenvalue weighted by molar-refractivity contribution is 5.76. The highest BCUT2D eigenvalue weighted by atomic mass is 16.2. The lowest BCUT2D eigenvalue weighted by molar-refractivity contribution is -0.122. The fraction of sp³-hybridized carbons (Fsp3) is 0.429. The Morgan fingerprint density at radius 2 is 2.00 bits per heavy atom. The van der Waals surface area contributed by atoms with Gasteiger partial charge in [0.05, 0.1) is 12.4 Å². The van der Waals surface area contributed by atoms with Crippen molar-refractivity contribution in [3.63, 3.8) is 0 Å². The molecule has 29 heavy (non-hydrogen) atoms. The third kappa shape index (κ3) is 3.50. The Labute approximate surface area is 167 Å². The molecule has 0 saturated carbocycles. The van der Waals surface area contributed by atoms with Crippen molar-refractivity contribution in [2.45, 2.75) is 44.7 Å². The number of hydrogen-bond acceptors (Lipinski definition) is 4. The number of aromatic nitrogens is 4. The van der Waals surface area contributed by atoms with Crippen molar-refractivity contribution < 1.29 is 4.79 Å². The van der Waals surface area contributed by atoms with Gasteiger partial charge in [0.2, 0.25) is 5.91 Å². The van der Waals surface area contributed by atoms with Crippen molar-refractivity contribution in [2.24, 2.45) is 14.1 Å². The van der Waals surface area contributed by atoms with E-state index >= 15 is 0 Å². The largest absolute Gasteiger partial charge is 0.349 e. The van der Waals surface area contributed by atoms with E-state index in [1.165, 1.54) is 22.7 Å². The van der Waals surface area contributed by atoms with Gasteiger partial charge >= 0.3 is 5.69 Å². The molecule has 0 bridgehead atoms. The van der Waals surface area contributed by atoms with Gasteiger partial charge in [0.25, 0.3) is 5.56 Å². The smallest absolute Gasteiger partial charge is 0.332 e. The molecule has 1 aliphatic carbocycles. The summed E-state index contributed by atoms with van der Waals surface area (Å²) in [5.41, 5.74) is 2.51. The first-order valence-electron chi connectivity index (χ1n) is 9.95. The summed E-state index contributed by atoms with van der Waals surface area (Å²) in [6.45, 7) is 0.485. The second kappa shape index (κ2) is 7.69. The summed E-state index contributed by atoms with van der Waals surface area (Å²) in [5, 5.41) is 3.15. The van der Waals surface area contributed by atoms with E-state index < -0.39 is 5.69 Å². The molecule has 3 aromatic rings. The maximum atomic E-state index is 12.5. The van der Waals surface area contributed by atoms with Crippen molar-refractivity contribution in [3.05, 3.63) is 62.6 Å². The maximum Gasteiger partial charge on any atom is 0.332 e. The van der Waals surface area contributed by atoms with E-state index in [2.05, 4.69) is 22.4 Å². The SMILES string of the molecule is Cn1c(=O)c2c(ncn2CCCC(=O)NC2CCCc3ccccc32)n(C)c1=O.